The zero-order valence-corrected chi connectivity index (χ0v) is 20.2. The van der Waals surface area contributed by atoms with Crippen molar-refractivity contribution in [1.29, 1.82) is 5.26 Å². The molecule has 38 heavy (non-hydrogen) atoms. The molecular formula is C24H18ClF4N5O4. The van der Waals surface area contributed by atoms with E-state index in [0.29, 0.717) is 5.56 Å². The highest BCUT2D eigenvalue weighted by atomic mass is 35.5. The van der Waals surface area contributed by atoms with Gasteiger partial charge in [0.25, 0.3) is 5.56 Å². The number of rotatable bonds is 6. The van der Waals surface area contributed by atoms with Gasteiger partial charge in [-0.05, 0) is 42.3 Å². The zero-order chi connectivity index (χ0) is 27.6. The number of halogens is 5. The summed E-state index contributed by atoms with van der Waals surface area (Å²) in [6.45, 7) is -0.214. The molecule has 2 heterocycles. The summed E-state index contributed by atoms with van der Waals surface area (Å²) >= 11 is 5.90. The average molecular weight is 552 g/mol. The Morgan fingerprint density at radius 3 is 2.66 bits per heavy atom. The van der Waals surface area contributed by atoms with Gasteiger partial charge in [-0.15, -0.1) is 0 Å². The van der Waals surface area contributed by atoms with Crippen molar-refractivity contribution < 1.29 is 31.8 Å². The van der Waals surface area contributed by atoms with Crippen molar-refractivity contribution in [3.63, 3.8) is 0 Å². The van der Waals surface area contributed by atoms with E-state index in [2.05, 4.69) is 15.8 Å². The highest BCUT2D eigenvalue weighted by Crippen LogP contribution is 2.35. The first-order valence-corrected chi connectivity index (χ1v) is 11.3. The predicted molar refractivity (Wildman–Crippen MR) is 125 cm³/mol. The molecule has 4 rings (SSSR count). The molecule has 1 aliphatic heterocycles. The molecule has 0 radical (unpaired) electrons. The Kier molecular flexibility index (Phi) is 7.56. The topological polar surface area (TPSA) is 118 Å². The van der Waals surface area contributed by atoms with Crippen LogP contribution >= 0.6 is 11.6 Å². The molecule has 3 aromatic rings. The lowest BCUT2D eigenvalue weighted by Crippen LogP contribution is -2.54. The van der Waals surface area contributed by atoms with E-state index in [-0.39, 0.29) is 35.1 Å². The normalized spacial score (nSPS) is 17.4. The van der Waals surface area contributed by atoms with Crippen molar-refractivity contribution in [2.24, 2.45) is 0 Å². The zero-order valence-electron chi connectivity index (χ0n) is 19.5. The van der Waals surface area contributed by atoms with E-state index in [1.807, 2.05) is 0 Å². The predicted octanol–water partition coefficient (Wildman–Crippen LogP) is 3.90. The monoisotopic (exact) mass is 551 g/mol. The van der Waals surface area contributed by atoms with E-state index < -0.39 is 46.9 Å². The highest BCUT2D eigenvalue weighted by molar-refractivity contribution is 6.30. The van der Waals surface area contributed by atoms with E-state index in [0.717, 1.165) is 29.1 Å². The Hall–Kier alpha value is -4.15. The smallest absolute Gasteiger partial charge is 0.437 e. The van der Waals surface area contributed by atoms with Crippen LogP contribution in [0.5, 0.6) is 17.2 Å². The number of nitrogens with zero attached hydrogens (tertiary/aromatic N) is 3. The third kappa shape index (κ3) is 5.71. The molecule has 2 N–H and O–H groups in total. The van der Waals surface area contributed by atoms with Crippen LogP contribution in [0.3, 0.4) is 0 Å². The van der Waals surface area contributed by atoms with Gasteiger partial charge in [0.1, 0.15) is 5.75 Å². The van der Waals surface area contributed by atoms with Crippen LogP contribution in [0.2, 0.25) is 5.02 Å². The highest BCUT2D eigenvalue weighted by Gasteiger charge is 2.39. The Balaban J connectivity index is 1.64. The van der Waals surface area contributed by atoms with Crippen molar-refractivity contribution in [1.82, 2.24) is 20.4 Å². The van der Waals surface area contributed by atoms with Crippen LogP contribution in [0, 0.1) is 17.1 Å². The molecule has 198 valence electrons. The Bertz CT molecular complexity index is 1490. The first-order valence-electron chi connectivity index (χ1n) is 10.9. The number of ether oxygens (including phenoxy) is 2. The Labute approximate surface area is 217 Å². The van der Waals surface area contributed by atoms with Gasteiger partial charge in [0.05, 0.1) is 31.0 Å². The molecule has 0 saturated carbocycles. The fraction of sp³-hybridized carbons (Fsp3) is 0.250. The van der Waals surface area contributed by atoms with Crippen LogP contribution in [0.15, 0.2) is 47.5 Å². The lowest BCUT2D eigenvalue weighted by Gasteiger charge is -2.31. The lowest BCUT2D eigenvalue weighted by molar-refractivity contribution is -0.142. The van der Waals surface area contributed by atoms with E-state index >= 15 is 0 Å². The number of carbonyl (C=O) groups is 1. The van der Waals surface area contributed by atoms with Crippen LogP contribution in [-0.4, -0.2) is 28.6 Å². The third-order valence-corrected chi connectivity index (χ3v) is 5.93. The second-order valence-corrected chi connectivity index (χ2v) is 8.72. The van der Waals surface area contributed by atoms with Gasteiger partial charge in [-0.1, -0.05) is 17.7 Å². The van der Waals surface area contributed by atoms with Crippen molar-refractivity contribution in [2.75, 3.05) is 7.11 Å². The van der Waals surface area contributed by atoms with Gasteiger partial charge >= 0.3 is 6.18 Å². The number of hydrazine groups is 1. The lowest BCUT2D eigenvalue weighted by atomic mass is 9.90. The van der Waals surface area contributed by atoms with Crippen molar-refractivity contribution in [3.05, 3.63) is 80.7 Å². The van der Waals surface area contributed by atoms with Crippen LogP contribution in [-0.2, 0) is 17.5 Å². The van der Waals surface area contributed by atoms with Crippen LogP contribution in [0.1, 0.15) is 29.2 Å². The van der Waals surface area contributed by atoms with Crippen molar-refractivity contribution in [3.8, 4) is 23.3 Å². The second kappa shape index (κ2) is 10.7. The molecule has 2 aromatic carbocycles. The van der Waals surface area contributed by atoms with Gasteiger partial charge < -0.3 is 9.47 Å². The van der Waals surface area contributed by atoms with Gasteiger partial charge in [-0.2, -0.15) is 18.4 Å². The van der Waals surface area contributed by atoms with Gasteiger partial charge in [0.2, 0.25) is 11.7 Å². The number of amides is 1. The standard InChI is InChI=1S/C24H18ClF4N5O4/c1-37-19-3-2-13(6-18(19)26)17-8-15(32-33-22(17)35)10-34-11-31-21(24(27,28)29)20(23(34)36)38-16-5-12(9-30)4-14(25)7-16/h2-7,11,15,17,32H,8,10H2,1H3,(H,33,35). The summed E-state index contributed by atoms with van der Waals surface area (Å²) < 4.78 is 66.2. The quantitative estimate of drug-likeness (QED) is 0.446. The fourth-order valence-corrected chi connectivity index (χ4v) is 4.18. The number of nitriles is 1. The average Bonchev–Trinajstić information content (AvgIpc) is 2.86. The minimum absolute atomic E-state index is 0.00357. The van der Waals surface area contributed by atoms with Crippen LogP contribution in [0.25, 0.3) is 0 Å². The van der Waals surface area contributed by atoms with E-state index in [9.17, 15) is 27.2 Å². The maximum absolute atomic E-state index is 14.2. The Morgan fingerprint density at radius 2 is 2.00 bits per heavy atom. The van der Waals surface area contributed by atoms with Gasteiger partial charge in [0.15, 0.2) is 17.3 Å². The van der Waals surface area contributed by atoms with Gasteiger partial charge in [-0.25, -0.2) is 14.8 Å². The number of hydrogen-bond donors (Lipinski definition) is 2. The van der Waals surface area contributed by atoms with Crippen molar-refractivity contribution >= 4 is 17.5 Å². The van der Waals surface area contributed by atoms with E-state index in [4.69, 9.17) is 26.3 Å². The Morgan fingerprint density at radius 1 is 1.24 bits per heavy atom. The molecule has 1 aromatic heterocycles. The van der Waals surface area contributed by atoms with Crippen molar-refractivity contribution in [2.45, 2.75) is 31.1 Å². The molecular weight excluding hydrogens is 534 g/mol. The third-order valence-electron chi connectivity index (χ3n) is 5.72. The summed E-state index contributed by atoms with van der Waals surface area (Å²) in [7, 11) is 1.30. The largest absolute Gasteiger partial charge is 0.494 e. The first-order chi connectivity index (χ1) is 18.0. The second-order valence-electron chi connectivity index (χ2n) is 8.28. The van der Waals surface area contributed by atoms with Gasteiger partial charge in [-0.3, -0.25) is 19.6 Å². The molecule has 1 saturated heterocycles. The number of benzene rings is 2. The molecule has 1 aliphatic rings. The summed E-state index contributed by atoms with van der Waals surface area (Å²) in [4.78, 5) is 28.9. The molecule has 2 unspecified atom stereocenters. The molecule has 2 atom stereocenters. The number of nitrogens with one attached hydrogen (secondary N) is 2. The summed E-state index contributed by atoms with van der Waals surface area (Å²) in [5, 5.41) is 9.11. The summed E-state index contributed by atoms with van der Waals surface area (Å²) in [6.07, 6.45) is -4.22. The summed E-state index contributed by atoms with van der Waals surface area (Å²) in [5.74, 6) is -3.32. The fourth-order valence-electron chi connectivity index (χ4n) is 3.95. The summed E-state index contributed by atoms with van der Waals surface area (Å²) in [5.41, 5.74) is 2.78. The molecule has 1 fully saturated rings. The molecule has 14 heteroatoms. The molecule has 0 aliphatic carbocycles. The SMILES string of the molecule is COc1ccc(C2CC(Cn3cnc(C(F)(F)F)c(Oc4cc(Cl)cc(C#N)c4)c3=O)NNC2=O)cc1F. The summed E-state index contributed by atoms with van der Waals surface area (Å²) in [6, 6.07) is 8.74. The molecule has 0 spiro atoms. The molecule has 1 amide bonds. The number of carbonyl (C=O) groups excluding carboxylic acids is 1. The van der Waals surface area contributed by atoms with Crippen LogP contribution < -0.4 is 25.9 Å². The molecule has 9 nitrogen and oxygen atoms in total. The molecule has 0 bridgehead atoms. The minimum atomic E-state index is -5.02. The minimum Gasteiger partial charge on any atom is -0.494 e. The maximum Gasteiger partial charge on any atom is 0.437 e. The van der Waals surface area contributed by atoms with E-state index in [1.54, 1.807) is 6.07 Å². The first kappa shape index (κ1) is 26.9. The number of hydrogen-bond acceptors (Lipinski definition) is 7. The number of aromatic nitrogens is 2. The number of alkyl halides is 3. The number of methoxy groups -OCH3 is 1. The van der Waals surface area contributed by atoms with E-state index in [1.165, 1.54) is 25.3 Å². The van der Waals surface area contributed by atoms with Crippen LogP contribution in [0.4, 0.5) is 17.6 Å². The van der Waals surface area contributed by atoms with Gasteiger partial charge in [0, 0.05) is 17.6 Å². The maximum atomic E-state index is 14.2.